The molecular weight excluding hydrogens is 340 g/mol. The lowest BCUT2D eigenvalue weighted by molar-refractivity contribution is -0.130. The van der Waals surface area contributed by atoms with Gasteiger partial charge in [0.1, 0.15) is 5.82 Å². The van der Waals surface area contributed by atoms with E-state index in [4.69, 9.17) is 17.3 Å². The van der Waals surface area contributed by atoms with E-state index in [1.807, 2.05) is 29.2 Å². The van der Waals surface area contributed by atoms with E-state index < -0.39 is 5.91 Å². The van der Waals surface area contributed by atoms with E-state index in [1.54, 1.807) is 6.92 Å². The summed E-state index contributed by atoms with van der Waals surface area (Å²) in [5.74, 6) is -0.0195. The molecule has 1 aliphatic rings. The number of halogens is 1. The Labute approximate surface area is 151 Å². The fourth-order valence-electron chi connectivity index (χ4n) is 2.58. The Morgan fingerprint density at radius 2 is 2.00 bits per heavy atom. The maximum atomic E-state index is 11.7. The molecule has 2 amide bonds. The van der Waals surface area contributed by atoms with Crippen LogP contribution < -0.4 is 11.1 Å². The summed E-state index contributed by atoms with van der Waals surface area (Å²) >= 11 is 6.12. The number of anilines is 2. The van der Waals surface area contributed by atoms with Gasteiger partial charge in [-0.05, 0) is 36.6 Å². The van der Waals surface area contributed by atoms with Crippen LogP contribution in [0.1, 0.15) is 35.7 Å². The van der Waals surface area contributed by atoms with Crippen molar-refractivity contribution in [1.29, 1.82) is 0 Å². The number of primary amides is 1. The number of pyridine rings is 1. The average molecular weight is 359 g/mol. The van der Waals surface area contributed by atoms with Gasteiger partial charge < -0.3 is 16.0 Å². The van der Waals surface area contributed by atoms with Gasteiger partial charge in [0, 0.05) is 31.4 Å². The average Bonchev–Trinajstić information content (AvgIpc) is 3.40. The highest BCUT2D eigenvalue weighted by atomic mass is 35.5. The third-order valence-electron chi connectivity index (χ3n) is 4.09. The third kappa shape index (κ3) is 4.28. The molecule has 0 radical (unpaired) electrons. The van der Waals surface area contributed by atoms with Crippen molar-refractivity contribution in [2.24, 2.45) is 5.73 Å². The van der Waals surface area contributed by atoms with E-state index >= 15 is 0 Å². The first-order chi connectivity index (χ1) is 11.9. The molecule has 25 heavy (non-hydrogen) atoms. The summed E-state index contributed by atoms with van der Waals surface area (Å²) < 4.78 is 0. The fourth-order valence-corrected chi connectivity index (χ4v) is 2.79. The molecule has 3 rings (SSSR count). The molecule has 6 nitrogen and oxygen atoms in total. The lowest BCUT2D eigenvalue weighted by Crippen LogP contribution is -2.30. The molecule has 0 unspecified atom stereocenters. The van der Waals surface area contributed by atoms with Crippen LogP contribution in [0.15, 0.2) is 36.5 Å². The topological polar surface area (TPSA) is 88.3 Å². The third-order valence-corrected chi connectivity index (χ3v) is 4.38. The summed E-state index contributed by atoms with van der Waals surface area (Å²) in [6.07, 6.45) is 3.56. The van der Waals surface area contributed by atoms with Gasteiger partial charge in [0.2, 0.25) is 11.8 Å². The van der Waals surface area contributed by atoms with Crippen LogP contribution in [0.25, 0.3) is 0 Å². The number of carbonyl (C=O) groups is 2. The lowest BCUT2D eigenvalue weighted by atomic mass is 10.2. The minimum Gasteiger partial charge on any atom is -0.366 e. The predicted molar refractivity (Wildman–Crippen MR) is 96.7 cm³/mol. The van der Waals surface area contributed by atoms with Crippen molar-refractivity contribution in [3.05, 3.63) is 52.7 Å². The summed E-state index contributed by atoms with van der Waals surface area (Å²) in [6, 6.07) is 9.61. The Hall–Kier alpha value is -2.60. The van der Waals surface area contributed by atoms with Gasteiger partial charge in [0.25, 0.3) is 0 Å². The summed E-state index contributed by atoms with van der Waals surface area (Å²) in [6.45, 7) is 2.23. The Bertz CT molecular complexity index is 803. The Balaban J connectivity index is 1.68. The monoisotopic (exact) mass is 358 g/mol. The van der Waals surface area contributed by atoms with E-state index in [1.165, 1.54) is 12.3 Å². The highest BCUT2D eigenvalue weighted by molar-refractivity contribution is 6.33. The Morgan fingerprint density at radius 1 is 1.32 bits per heavy atom. The molecule has 0 bridgehead atoms. The zero-order valence-electron chi connectivity index (χ0n) is 13.8. The summed E-state index contributed by atoms with van der Waals surface area (Å²) in [7, 11) is 0. The molecule has 3 N–H and O–H groups in total. The van der Waals surface area contributed by atoms with Gasteiger partial charge in [-0.25, -0.2) is 4.98 Å². The van der Waals surface area contributed by atoms with Crippen LogP contribution in [-0.2, 0) is 11.3 Å². The van der Waals surface area contributed by atoms with Crippen molar-refractivity contribution < 1.29 is 9.59 Å². The molecule has 1 aromatic carbocycles. The molecule has 0 atom stereocenters. The molecule has 130 valence electrons. The molecule has 1 aliphatic carbocycles. The highest BCUT2D eigenvalue weighted by Gasteiger charge is 2.30. The fraction of sp³-hybridized carbons (Fsp3) is 0.278. The van der Waals surface area contributed by atoms with Crippen molar-refractivity contribution in [1.82, 2.24) is 9.88 Å². The molecule has 1 saturated carbocycles. The number of aromatic nitrogens is 1. The Kier molecular flexibility index (Phi) is 4.90. The van der Waals surface area contributed by atoms with Gasteiger partial charge in [-0.2, -0.15) is 0 Å². The SMILES string of the molecule is CC(=O)N(Cc1ccc(Nc2ncc(C(N)=O)cc2Cl)cc1)C1CC1. The van der Waals surface area contributed by atoms with Crippen molar-refractivity contribution in [3.8, 4) is 0 Å². The number of nitrogens with one attached hydrogen (secondary N) is 1. The Morgan fingerprint density at radius 3 is 2.52 bits per heavy atom. The van der Waals surface area contributed by atoms with E-state index in [0.29, 0.717) is 23.4 Å². The number of hydrogen-bond acceptors (Lipinski definition) is 4. The van der Waals surface area contributed by atoms with E-state index in [9.17, 15) is 9.59 Å². The standard InChI is InChI=1S/C18H19ClN4O2/c1-11(24)23(15-6-7-15)10-12-2-4-14(5-3-12)22-18-16(19)8-13(9-21-18)17(20)25/h2-5,8-9,15H,6-7,10H2,1H3,(H2,20,25)(H,21,22). The number of rotatable bonds is 6. The molecule has 2 aromatic rings. The summed E-state index contributed by atoms with van der Waals surface area (Å²) in [4.78, 5) is 28.9. The second-order valence-corrected chi connectivity index (χ2v) is 6.53. The van der Waals surface area contributed by atoms with Crippen LogP contribution in [0.2, 0.25) is 5.02 Å². The molecule has 0 aliphatic heterocycles. The molecular formula is C18H19ClN4O2. The van der Waals surface area contributed by atoms with Crippen LogP contribution in [-0.4, -0.2) is 27.7 Å². The summed E-state index contributed by atoms with van der Waals surface area (Å²) in [5, 5.41) is 3.42. The second kappa shape index (κ2) is 7.11. The number of carbonyl (C=O) groups excluding carboxylic acids is 2. The van der Waals surface area contributed by atoms with E-state index in [0.717, 1.165) is 24.1 Å². The number of amides is 2. The van der Waals surface area contributed by atoms with Gasteiger partial charge in [-0.15, -0.1) is 0 Å². The molecule has 1 fully saturated rings. The first-order valence-electron chi connectivity index (χ1n) is 8.02. The van der Waals surface area contributed by atoms with Gasteiger partial charge in [-0.1, -0.05) is 23.7 Å². The van der Waals surface area contributed by atoms with Crippen molar-refractivity contribution in [2.75, 3.05) is 5.32 Å². The van der Waals surface area contributed by atoms with Crippen LogP contribution in [0.3, 0.4) is 0 Å². The second-order valence-electron chi connectivity index (χ2n) is 6.12. The first kappa shape index (κ1) is 17.2. The molecule has 1 aromatic heterocycles. The number of nitrogens with zero attached hydrogens (tertiary/aromatic N) is 2. The number of benzene rings is 1. The van der Waals surface area contributed by atoms with Crippen molar-refractivity contribution >= 4 is 34.9 Å². The molecule has 0 saturated heterocycles. The molecule has 0 spiro atoms. The normalized spacial score (nSPS) is 13.4. The van der Waals surface area contributed by atoms with Crippen LogP contribution >= 0.6 is 11.6 Å². The van der Waals surface area contributed by atoms with Crippen LogP contribution in [0.4, 0.5) is 11.5 Å². The quantitative estimate of drug-likeness (QED) is 0.830. The van der Waals surface area contributed by atoms with Gasteiger partial charge in [-0.3, -0.25) is 9.59 Å². The summed E-state index contributed by atoms with van der Waals surface area (Å²) in [5.41, 5.74) is 7.34. The van der Waals surface area contributed by atoms with E-state index in [-0.39, 0.29) is 11.5 Å². The smallest absolute Gasteiger partial charge is 0.250 e. The zero-order chi connectivity index (χ0) is 18.0. The predicted octanol–water partition coefficient (Wildman–Crippen LogP) is 3.09. The zero-order valence-corrected chi connectivity index (χ0v) is 14.6. The van der Waals surface area contributed by atoms with Gasteiger partial charge in [0.05, 0.1) is 10.6 Å². The number of nitrogens with two attached hydrogens (primary N) is 1. The maximum Gasteiger partial charge on any atom is 0.250 e. The minimum absolute atomic E-state index is 0.107. The first-order valence-corrected chi connectivity index (χ1v) is 8.40. The maximum absolute atomic E-state index is 11.7. The van der Waals surface area contributed by atoms with E-state index in [2.05, 4.69) is 10.3 Å². The van der Waals surface area contributed by atoms with Gasteiger partial charge >= 0.3 is 0 Å². The number of hydrogen-bond donors (Lipinski definition) is 2. The van der Waals surface area contributed by atoms with Crippen molar-refractivity contribution in [2.45, 2.75) is 32.4 Å². The molecule has 1 heterocycles. The highest BCUT2D eigenvalue weighted by Crippen LogP contribution is 2.29. The van der Waals surface area contributed by atoms with Crippen LogP contribution in [0, 0.1) is 0 Å². The molecule has 7 heteroatoms. The van der Waals surface area contributed by atoms with Gasteiger partial charge in [0.15, 0.2) is 0 Å². The minimum atomic E-state index is -0.573. The lowest BCUT2D eigenvalue weighted by Gasteiger charge is -2.20. The van der Waals surface area contributed by atoms with Crippen molar-refractivity contribution in [3.63, 3.8) is 0 Å². The van der Waals surface area contributed by atoms with Crippen LogP contribution in [0.5, 0.6) is 0 Å². The largest absolute Gasteiger partial charge is 0.366 e.